The third-order valence-corrected chi connectivity index (χ3v) is 2.84. The molecule has 0 radical (unpaired) electrons. The molecule has 21 heavy (non-hydrogen) atoms. The number of aliphatic carboxylic acids is 1. The van der Waals surface area contributed by atoms with Crippen molar-refractivity contribution in [3.05, 3.63) is 35.9 Å². The number of carboxylic acids is 1. The Balaban J connectivity index is 3.08. The normalized spacial score (nSPS) is 15.9. The molecule has 0 bridgehead atoms. The third kappa shape index (κ3) is 4.84. The minimum Gasteiger partial charge on any atom is -0.479 e. The van der Waals surface area contributed by atoms with Gasteiger partial charge >= 0.3 is 11.9 Å². The second-order valence-corrected chi connectivity index (χ2v) is 5.78. The molecule has 3 atom stereocenters. The minimum atomic E-state index is -1.94. The Morgan fingerprint density at radius 2 is 1.71 bits per heavy atom. The van der Waals surface area contributed by atoms with E-state index in [0.717, 1.165) is 0 Å². The number of nitrogens with two attached hydrogens (primary N) is 1. The predicted molar refractivity (Wildman–Crippen MR) is 76.3 cm³/mol. The van der Waals surface area contributed by atoms with Gasteiger partial charge in [-0.2, -0.15) is 0 Å². The van der Waals surface area contributed by atoms with Crippen molar-refractivity contribution in [1.82, 2.24) is 0 Å². The maximum absolute atomic E-state index is 12.2. The smallest absolute Gasteiger partial charge is 0.333 e. The van der Waals surface area contributed by atoms with Gasteiger partial charge in [0.2, 0.25) is 0 Å². The van der Waals surface area contributed by atoms with Gasteiger partial charge in [0.05, 0.1) is 0 Å². The van der Waals surface area contributed by atoms with Crippen LogP contribution in [0.25, 0.3) is 0 Å². The van der Waals surface area contributed by atoms with E-state index >= 15 is 0 Å². The van der Waals surface area contributed by atoms with E-state index in [1.165, 1.54) is 0 Å². The van der Waals surface area contributed by atoms with Gasteiger partial charge in [0.1, 0.15) is 11.5 Å². The summed E-state index contributed by atoms with van der Waals surface area (Å²) in [6.07, 6.45) is -1.94. The maximum atomic E-state index is 12.2. The number of benzene rings is 1. The minimum absolute atomic E-state index is 0.550. The standard InChI is InChI=1S/C15H21NO5/c1-15(2,3)21-14(20)10(12(17)13(18)19)11(16)9-7-5-4-6-8-9/h4-8,10-12,17H,16H2,1-3H3,(H,18,19). The van der Waals surface area contributed by atoms with Crippen LogP contribution in [0, 0.1) is 5.92 Å². The molecule has 0 amide bonds. The van der Waals surface area contributed by atoms with Gasteiger partial charge in [-0.3, -0.25) is 4.79 Å². The van der Waals surface area contributed by atoms with Crippen molar-refractivity contribution in [1.29, 1.82) is 0 Å². The number of aliphatic hydroxyl groups excluding tert-OH is 1. The van der Waals surface area contributed by atoms with Crippen molar-refractivity contribution in [2.24, 2.45) is 11.7 Å². The van der Waals surface area contributed by atoms with Crippen LogP contribution in [0.2, 0.25) is 0 Å². The number of ether oxygens (including phenoxy) is 1. The van der Waals surface area contributed by atoms with Crippen LogP contribution in [-0.2, 0) is 14.3 Å². The SMILES string of the molecule is CC(C)(C)OC(=O)C(C(O)C(=O)O)C(N)c1ccccc1. The molecular formula is C15H21NO5. The third-order valence-electron chi connectivity index (χ3n) is 2.84. The van der Waals surface area contributed by atoms with E-state index in [1.54, 1.807) is 51.1 Å². The zero-order chi connectivity index (χ0) is 16.2. The Morgan fingerprint density at radius 1 is 1.19 bits per heavy atom. The monoisotopic (exact) mass is 295 g/mol. The van der Waals surface area contributed by atoms with E-state index < -0.39 is 35.6 Å². The molecule has 0 aliphatic heterocycles. The Hall–Kier alpha value is -1.92. The van der Waals surface area contributed by atoms with Gasteiger partial charge in [0.25, 0.3) is 0 Å². The zero-order valence-electron chi connectivity index (χ0n) is 12.3. The molecule has 0 spiro atoms. The van der Waals surface area contributed by atoms with Gasteiger partial charge in [-0.25, -0.2) is 4.79 Å². The van der Waals surface area contributed by atoms with E-state index in [-0.39, 0.29) is 0 Å². The lowest BCUT2D eigenvalue weighted by Gasteiger charge is -2.28. The van der Waals surface area contributed by atoms with Gasteiger partial charge in [-0.05, 0) is 26.3 Å². The lowest BCUT2D eigenvalue weighted by atomic mass is 9.89. The summed E-state index contributed by atoms with van der Waals surface area (Å²) in [4.78, 5) is 23.2. The molecule has 3 unspecified atom stereocenters. The van der Waals surface area contributed by atoms with E-state index in [2.05, 4.69) is 0 Å². The summed E-state index contributed by atoms with van der Waals surface area (Å²) in [5, 5.41) is 18.8. The van der Waals surface area contributed by atoms with Crippen molar-refractivity contribution in [2.45, 2.75) is 38.5 Å². The first-order valence-electron chi connectivity index (χ1n) is 6.58. The molecule has 0 aliphatic rings. The van der Waals surface area contributed by atoms with Gasteiger partial charge in [-0.1, -0.05) is 30.3 Å². The molecule has 1 rings (SSSR count). The molecule has 4 N–H and O–H groups in total. The number of carboxylic acid groups (broad SMARTS) is 1. The number of hydrogen-bond acceptors (Lipinski definition) is 5. The fourth-order valence-corrected chi connectivity index (χ4v) is 1.88. The van der Waals surface area contributed by atoms with Crippen LogP contribution in [0.15, 0.2) is 30.3 Å². The zero-order valence-corrected chi connectivity index (χ0v) is 12.3. The highest BCUT2D eigenvalue weighted by atomic mass is 16.6. The first-order chi connectivity index (χ1) is 9.63. The Kier molecular flexibility index (Phi) is 5.46. The lowest BCUT2D eigenvalue weighted by molar-refractivity contribution is -0.172. The second kappa shape index (κ2) is 6.69. The van der Waals surface area contributed by atoms with E-state index in [4.69, 9.17) is 15.6 Å². The van der Waals surface area contributed by atoms with E-state index in [9.17, 15) is 14.7 Å². The summed E-state index contributed by atoms with van der Waals surface area (Å²) < 4.78 is 5.17. The quantitative estimate of drug-likeness (QED) is 0.701. The molecular weight excluding hydrogens is 274 g/mol. The summed E-state index contributed by atoms with van der Waals surface area (Å²) >= 11 is 0. The highest BCUT2D eigenvalue weighted by molar-refractivity contribution is 5.83. The molecule has 116 valence electrons. The largest absolute Gasteiger partial charge is 0.479 e. The average Bonchev–Trinajstić information content (AvgIpc) is 2.37. The predicted octanol–water partition coefficient (Wildman–Crippen LogP) is 1.09. The number of hydrogen-bond donors (Lipinski definition) is 3. The fourth-order valence-electron chi connectivity index (χ4n) is 1.88. The number of aliphatic hydroxyl groups is 1. The van der Waals surface area contributed by atoms with Crippen LogP contribution in [0.3, 0.4) is 0 Å². The van der Waals surface area contributed by atoms with Crippen molar-refractivity contribution >= 4 is 11.9 Å². The first kappa shape index (κ1) is 17.1. The highest BCUT2D eigenvalue weighted by Gasteiger charge is 2.40. The highest BCUT2D eigenvalue weighted by Crippen LogP contribution is 2.26. The van der Waals surface area contributed by atoms with Crippen LogP contribution in [0.4, 0.5) is 0 Å². The van der Waals surface area contributed by atoms with Crippen LogP contribution in [0.5, 0.6) is 0 Å². The Labute approximate surface area is 123 Å². The Morgan fingerprint density at radius 3 is 2.14 bits per heavy atom. The van der Waals surface area contributed by atoms with Gasteiger partial charge in [0, 0.05) is 6.04 Å². The van der Waals surface area contributed by atoms with Crippen LogP contribution in [-0.4, -0.2) is 33.9 Å². The average molecular weight is 295 g/mol. The van der Waals surface area contributed by atoms with Gasteiger partial charge < -0.3 is 20.7 Å². The second-order valence-electron chi connectivity index (χ2n) is 5.78. The van der Waals surface area contributed by atoms with Crippen molar-refractivity contribution in [3.63, 3.8) is 0 Å². The molecule has 1 aromatic rings. The molecule has 0 saturated heterocycles. The van der Waals surface area contributed by atoms with Gasteiger partial charge in [0.15, 0.2) is 6.10 Å². The molecule has 6 heteroatoms. The Bertz CT molecular complexity index is 495. The summed E-state index contributed by atoms with van der Waals surface area (Å²) in [5.41, 5.74) is 5.72. The molecule has 0 aliphatic carbocycles. The lowest BCUT2D eigenvalue weighted by Crippen LogP contribution is -2.44. The van der Waals surface area contributed by atoms with E-state index in [0.29, 0.717) is 5.56 Å². The fraction of sp³-hybridized carbons (Fsp3) is 0.467. The summed E-state index contributed by atoms with van der Waals surface area (Å²) in [7, 11) is 0. The van der Waals surface area contributed by atoms with Crippen LogP contribution < -0.4 is 5.73 Å². The molecule has 1 aromatic carbocycles. The van der Waals surface area contributed by atoms with Crippen molar-refractivity contribution in [3.8, 4) is 0 Å². The number of carbonyl (C=O) groups is 2. The topological polar surface area (TPSA) is 110 Å². The van der Waals surface area contributed by atoms with Crippen LogP contribution >= 0.6 is 0 Å². The molecule has 6 nitrogen and oxygen atoms in total. The molecule has 0 fully saturated rings. The summed E-state index contributed by atoms with van der Waals surface area (Å²) in [6, 6.07) is 7.55. The molecule has 0 aromatic heterocycles. The van der Waals surface area contributed by atoms with Gasteiger partial charge in [-0.15, -0.1) is 0 Å². The maximum Gasteiger partial charge on any atom is 0.333 e. The van der Waals surface area contributed by atoms with E-state index in [1.807, 2.05) is 0 Å². The number of esters is 1. The summed E-state index contributed by atoms with van der Waals surface area (Å²) in [6.45, 7) is 4.97. The summed E-state index contributed by atoms with van der Waals surface area (Å²) in [5.74, 6) is -3.74. The van der Waals surface area contributed by atoms with Crippen LogP contribution in [0.1, 0.15) is 32.4 Å². The van der Waals surface area contributed by atoms with Crippen molar-refractivity contribution < 1.29 is 24.5 Å². The first-order valence-corrected chi connectivity index (χ1v) is 6.58. The number of rotatable bonds is 5. The number of carbonyl (C=O) groups excluding carboxylic acids is 1. The molecule has 0 heterocycles. The van der Waals surface area contributed by atoms with Crippen molar-refractivity contribution in [2.75, 3.05) is 0 Å². The molecule has 0 saturated carbocycles.